The van der Waals surface area contributed by atoms with Crippen LogP contribution in [0.4, 0.5) is 0 Å². The minimum Gasteiger partial charge on any atom is -0.468 e. The third-order valence-electron chi connectivity index (χ3n) is 1.97. The fourth-order valence-corrected chi connectivity index (χ4v) is 1.17. The average Bonchev–Trinajstić information content (AvgIpc) is 2.74. The lowest BCUT2D eigenvalue weighted by atomic mass is 10.3. The molecular weight excluding hydrogens is 162 g/mol. The molecule has 0 saturated carbocycles. The fraction of sp³-hybridized carbons (Fsp3) is 0.714. The molecule has 2 unspecified atom stereocenters. The molecule has 0 spiro atoms. The second-order valence-electron chi connectivity index (χ2n) is 2.60. The quantitative estimate of drug-likeness (QED) is 0.396. The molecule has 0 N–H and O–H groups in total. The summed E-state index contributed by atoms with van der Waals surface area (Å²) >= 11 is 0. The molecule has 0 radical (unpaired) electrons. The Balaban J connectivity index is 2.53. The molecule has 1 saturated heterocycles. The second-order valence-corrected chi connectivity index (χ2v) is 2.60. The molecule has 1 heterocycles. The van der Waals surface area contributed by atoms with Crippen LogP contribution in [0.2, 0.25) is 0 Å². The number of ether oxygens (including phenoxy) is 2. The predicted molar refractivity (Wildman–Crippen MR) is 39.4 cm³/mol. The number of nitrogens with zero attached hydrogens (tertiary/aromatic N) is 1. The molecule has 1 aliphatic heterocycles. The lowest BCUT2D eigenvalue weighted by molar-refractivity contribution is -0.144. The number of rotatable bonds is 2. The lowest BCUT2D eigenvalue weighted by Crippen LogP contribution is -2.18. The van der Waals surface area contributed by atoms with Gasteiger partial charge in [0.2, 0.25) is 0 Å². The number of methoxy groups -OCH3 is 2. The van der Waals surface area contributed by atoms with Crippen molar-refractivity contribution in [3.63, 3.8) is 0 Å². The summed E-state index contributed by atoms with van der Waals surface area (Å²) in [5, 5.41) is 0. The summed E-state index contributed by atoms with van der Waals surface area (Å²) in [6.07, 6.45) is 0. The van der Waals surface area contributed by atoms with Crippen LogP contribution in [0.5, 0.6) is 0 Å². The van der Waals surface area contributed by atoms with Gasteiger partial charge in [-0.05, 0) is 7.05 Å². The van der Waals surface area contributed by atoms with Gasteiger partial charge in [0.15, 0.2) is 0 Å². The van der Waals surface area contributed by atoms with Crippen LogP contribution in [-0.2, 0) is 19.1 Å². The van der Waals surface area contributed by atoms with Crippen molar-refractivity contribution >= 4 is 11.9 Å². The number of likely N-dealkylation sites (N-methyl/N-ethyl adjacent to an activating group) is 1. The predicted octanol–water partition coefficient (Wildman–Crippen LogP) is -0.985. The Bertz CT molecular complexity index is 193. The molecular formula is C7H11NO4. The van der Waals surface area contributed by atoms with E-state index in [4.69, 9.17) is 0 Å². The molecule has 1 fully saturated rings. The molecule has 0 aromatic carbocycles. The summed E-state index contributed by atoms with van der Waals surface area (Å²) in [7, 11) is 4.26. The molecule has 5 nitrogen and oxygen atoms in total. The number of carbonyl (C=O) groups is 2. The van der Waals surface area contributed by atoms with Crippen LogP contribution in [-0.4, -0.2) is 50.2 Å². The molecule has 0 aliphatic carbocycles. The Hall–Kier alpha value is -1.10. The highest BCUT2D eigenvalue weighted by Crippen LogP contribution is 2.27. The number of hydrogen-bond donors (Lipinski definition) is 0. The van der Waals surface area contributed by atoms with E-state index in [1.165, 1.54) is 14.2 Å². The largest absolute Gasteiger partial charge is 0.468 e. The molecule has 1 aliphatic rings. The van der Waals surface area contributed by atoms with Crippen LogP contribution >= 0.6 is 0 Å². The van der Waals surface area contributed by atoms with Gasteiger partial charge in [-0.2, -0.15) is 0 Å². The Morgan fingerprint density at radius 3 is 1.67 bits per heavy atom. The number of esters is 2. The van der Waals surface area contributed by atoms with Crippen molar-refractivity contribution in [2.75, 3.05) is 21.3 Å². The van der Waals surface area contributed by atoms with Crippen molar-refractivity contribution in [1.29, 1.82) is 0 Å². The zero-order valence-corrected chi connectivity index (χ0v) is 7.23. The summed E-state index contributed by atoms with van der Waals surface area (Å²) in [6, 6.07) is -0.912. The first-order chi connectivity index (χ1) is 5.63. The van der Waals surface area contributed by atoms with Gasteiger partial charge >= 0.3 is 11.9 Å². The van der Waals surface area contributed by atoms with Crippen molar-refractivity contribution in [3.05, 3.63) is 0 Å². The van der Waals surface area contributed by atoms with E-state index in [-0.39, 0.29) is 0 Å². The smallest absolute Gasteiger partial charge is 0.325 e. The van der Waals surface area contributed by atoms with Gasteiger partial charge in [0.05, 0.1) is 14.2 Å². The van der Waals surface area contributed by atoms with Crippen LogP contribution < -0.4 is 0 Å². The Labute approximate surface area is 70.2 Å². The maximum Gasteiger partial charge on any atom is 0.325 e. The highest BCUT2D eigenvalue weighted by Gasteiger charge is 2.56. The van der Waals surface area contributed by atoms with Crippen LogP contribution in [0, 0.1) is 0 Å². The van der Waals surface area contributed by atoms with E-state index in [2.05, 4.69) is 9.47 Å². The summed E-state index contributed by atoms with van der Waals surface area (Å²) in [5.41, 5.74) is 0. The van der Waals surface area contributed by atoms with Gasteiger partial charge in [0.1, 0.15) is 12.1 Å². The lowest BCUT2D eigenvalue weighted by Gasteiger charge is -1.93. The monoisotopic (exact) mass is 173 g/mol. The van der Waals surface area contributed by atoms with Crippen molar-refractivity contribution in [2.45, 2.75) is 12.1 Å². The van der Waals surface area contributed by atoms with Gasteiger partial charge in [-0.1, -0.05) is 0 Å². The molecule has 0 aromatic rings. The molecule has 5 heteroatoms. The molecule has 2 atom stereocenters. The SMILES string of the molecule is COC(=O)C1C(C(=O)OC)N1C. The second kappa shape index (κ2) is 3.10. The number of hydrogen-bond acceptors (Lipinski definition) is 5. The zero-order chi connectivity index (χ0) is 9.30. The van der Waals surface area contributed by atoms with Crippen molar-refractivity contribution < 1.29 is 19.1 Å². The summed E-state index contributed by atoms with van der Waals surface area (Å²) in [5.74, 6) is -0.791. The minimum absolute atomic E-state index is 0.395. The molecule has 12 heavy (non-hydrogen) atoms. The highest BCUT2D eigenvalue weighted by molar-refractivity contribution is 5.92. The van der Waals surface area contributed by atoms with Crippen LogP contribution in [0.3, 0.4) is 0 Å². The Morgan fingerprint density at radius 2 is 1.42 bits per heavy atom. The van der Waals surface area contributed by atoms with Gasteiger partial charge in [-0.15, -0.1) is 0 Å². The van der Waals surface area contributed by atoms with Crippen molar-refractivity contribution in [2.24, 2.45) is 0 Å². The van der Waals surface area contributed by atoms with E-state index in [1.807, 2.05) is 0 Å². The molecule has 0 bridgehead atoms. The van der Waals surface area contributed by atoms with E-state index >= 15 is 0 Å². The summed E-state index contributed by atoms with van der Waals surface area (Å²) < 4.78 is 8.96. The maximum absolute atomic E-state index is 10.9. The number of carbonyl (C=O) groups excluding carboxylic acids is 2. The van der Waals surface area contributed by atoms with Crippen LogP contribution in [0.1, 0.15) is 0 Å². The summed E-state index contributed by atoms with van der Waals surface area (Å²) in [6.45, 7) is 0. The average molecular weight is 173 g/mol. The van der Waals surface area contributed by atoms with E-state index in [1.54, 1.807) is 11.9 Å². The van der Waals surface area contributed by atoms with Gasteiger partial charge in [-0.3, -0.25) is 14.5 Å². The third-order valence-corrected chi connectivity index (χ3v) is 1.97. The van der Waals surface area contributed by atoms with E-state index in [0.717, 1.165) is 0 Å². The molecule has 1 rings (SSSR count). The van der Waals surface area contributed by atoms with Gasteiger partial charge in [-0.25, -0.2) is 0 Å². The van der Waals surface area contributed by atoms with Gasteiger partial charge < -0.3 is 9.47 Å². The van der Waals surface area contributed by atoms with Gasteiger partial charge in [0.25, 0.3) is 0 Å². The first kappa shape index (κ1) is 8.99. The molecule has 0 aromatic heterocycles. The first-order valence-electron chi connectivity index (χ1n) is 3.51. The topological polar surface area (TPSA) is 55.6 Å². The van der Waals surface area contributed by atoms with Crippen LogP contribution in [0.25, 0.3) is 0 Å². The van der Waals surface area contributed by atoms with Gasteiger partial charge in [0, 0.05) is 0 Å². The standard InChI is InChI=1S/C7H11NO4/c1-8-4(6(9)11-2)5(8)7(10)12-3/h4-5H,1-3H3. The normalized spacial score (nSPS) is 32.4. The fourth-order valence-electron chi connectivity index (χ4n) is 1.17. The van der Waals surface area contributed by atoms with Crippen molar-refractivity contribution in [1.82, 2.24) is 4.90 Å². The maximum atomic E-state index is 10.9. The van der Waals surface area contributed by atoms with E-state index < -0.39 is 24.0 Å². The van der Waals surface area contributed by atoms with E-state index in [0.29, 0.717) is 0 Å². The minimum atomic E-state index is -0.456. The Morgan fingerprint density at radius 1 is 1.08 bits per heavy atom. The third kappa shape index (κ3) is 1.27. The summed E-state index contributed by atoms with van der Waals surface area (Å²) in [4.78, 5) is 23.5. The van der Waals surface area contributed by atoms with Crippen LogP contribution in [0.15, 0.2) is 0 Å². The zero-order valence-electron chi connectivity index (χ0n) is 7.23. The molecule has 0 amide bonds. The first-order valence-corrected chi connectivity index (χ1v) is 3.51. The van der Waals surface area contributed by atoms with E-state index in [9.17, 15) is 9.59 Å². The molecule has 68 valence electrons. The Kier molecular flexibility index (Phi) is 2.32. The van der Waals surface area contributed by atoms with Crippen molar-refractivity contribution in [3.8, 4) is 0 Å². The highest BCUT2D eigenvalue weighted by atomic mass is 16.5.